The normalized spacial score (nSPS) is 17.4. The Morgan fingerprint density at radius 3 is 3.00 bits per heavy atom. The highest BCUT2D eigenvalue weighted by Gasteiger charge is 2.34. The topological polar surface area (TPSA) is 71.4 Å². The molecule has 142 valence electrons. The number of rotatable bonds is 4. The molecule has 0 radical (unpaired) electrons. The van der Waals surface area contributed by atoms with E-state index in [1.165, 1.54) is 0 Å². The van der Waals surface area contributed by atoms with Gasteiger partial charge in [-0.1, -0.05) is 30.3 Å². The molecule has 1 atom stereocenters. The number of pyridine rings is 2. The van der Waals surface area contributed by atoms with Crippen molar-refractivity contribution in [1.29, 1.82) is 0 Å². The molecule has 5 rings (SSSR count). The van der Waals surface area contributed by atoms with Gasteiger partial charge in [0.05, 0.1) is 23.5 Å². The number of allylic oxidation sites excluding steroid dienone is 3. The molecule has 29 heavy (non-hydrogen) atoms. The van der Waals surface area contributed by atoms with E-state index in [-0.39, 0.29) is 12.1 Å². The van der Waals surface area contributed by atoms with Gasteiger partial charge in [0.25, 0.3) is 5.91 Å². The number of nitrogens with zero attached hydrogens (tertiary/aromatic N) is 2. The van der Waals surface area contributed by atoms with Gasteiger partial charge in [-0.15, -0.1) is 0 Å². The standard InChI is InChI=1S/C23H19N5O/c29-23(26-15-19-18-8-2-1-6-16(18)10-12-25-19)21-20-9-3-4-13-28(20)22(27-21)17-7-5-11-24-14-17/h1-14,22,27H,15H2,(H,26,29)/p+1. The maximum atomic E-state index is 13.0. The van der Waals surface area contributed by atoms with Crippen LogP contribution >= 0.6 is 0 Å². The first-order valence-corrected chi connectivity index (χ1v) is 9.52. The molecule has 0 saturated carbocycles. The van der Waals surface area contributed by atoms with Crippen molar-refractivity contribution in [3.63, 3.8) is 0 Å². The molecule has 3 N–H and O–H groups in total. The van der Waals surface area contributed by atoms with Crippen LogP contribution < -0.4 is 15.6 Å². The summed E-state index contributed by atoms with van der Waals surface area (Å²) in [7, 11) is 0. The van der Waals surface area contributed by atoms with Crippen LogP contribution in [-0.4, -0.2) is 15.8 Å². The van der Waals surface area contributed by atoms with Crippen molar-refractivity contribution in [2.24, 2.45) is 0 Å². The summed E-state index contributed by atoms with van der Waals surface area (Å²) in [6, 6.07) is 14.0. The van der Waals surface area contributed by atoms with E-state index in [4.69, 9.17) is 0 Å². The monoisotopic (exact) mass is 382 g/mol. The van der Waals surface area contributed by atoms with Crippen molar-refractivity contribution in [1.82, 2.24) is 20.5 Å². The molecule has 0 spiro atoms. The molecule has 0 fully saturated rings. The largest absolute Gasteiger partial charge is 0.355 e. The first-order chi connectivity index (χ1) is 14.3. The Morgan fingerprint density at radius 1 is 1.17 bits per heavy atom. The van der Waals surface area contributed by atoms with Crippen LogP contribution in [0.3, 0.4) is 0 Å². The minimum Gasteiger partial charge on any atom is -0.355 e. The number of aromatic amines is 1. The number of benzene rings is 1. The summed E-state index contributed by atoms with van der Waals surface area (Å²) >= 11 is 0. The lowest BCUT2D eigenvalue weighted by atomic mass is 10.1. The lowest BCUT2D eigenvalue weighted by Crippen LogP contribution is -2.32. The Labute approximate surface area is 168 Å². The molecule has 0 bridgehead atoms. The Hall–Kier alpha value is -3.93. The van der Waals surface area contributed by atoms with Gasteiger partial charge in [0, 0.05) is 23.8 Å². The summed E-state index contributed by atoms with van der Waals surface area (Å²) in [5.41, 5.74) is 3.30. The first-order valence-electron chi connectivity index (χ1n) is 9.52. The quantitative estimate of drug-likeness (QED) is 0.728. The second kappa shape index (κ2) is 7.24. The van der Waals surface area contributed by atoms with Gasteiger partial charge >= 0.3 is 0 Å². The lowest BCUT2D eigenvalue weighted by molar-refractivity contribution is -0.379. The fourth-order valence-electron chi connectivity index (χ4n) is 3.75. The van der Waals surface area contributed by atoms with Crippen LogP contribution in [0.1, 0.15) is 17.4 Å². The number of amides is 1. The number of hydrogen-bond donors (Lipinski definition) is 2. The molecule has 2 aliphatic rings. The predicted molar refractivity (Wildman–Crippen MR) is 110 cm³/mol. The number of hydrogen-bond acceptors (Lipinski definition) is 4. The van der Waals surface area contributed by atoms with Crippen molar-refractivity contribution in [2.75, 3.05) is 0 Å². The van der Waals surface area contributed by atoms with Crippen LogP contribution in [0.5, 0.6) is 0 Å². The number of fused-ring (bicyclic) bond motifs is 2. The van der Waals surface area contributed by atoms with E-state index in [2.05, 4.69) is 25.5 Å². The third-order valence-electron chi connectivity index (χ3n) is 5.15. The molecule has 1 unspecified atom stereocenters. The number of aromatic nitrogens is 2. The molecule has 6 heteroatoms. The van der Waals surface area contributed by atoms with E-state index in [1.54, 1.807) is 6.20 Å². The summed E-state index contributed by atoms with van der Waals surface area (Å²) in [6.45, 7) is 0.363. The number of nitrogens with one attached hydrogen (secondary N) is 3. The fourth-order valence-corrected chi connectivity index (χ4v) is 3.75. The minimum absolute atomic E-state index is 0.139. The molecular weight excluding hydrogens is 362 g/mol. The third kappa shape index (κ3) is 3.14. The van der Waals surface area contributed by atoms with Crippen molar-refractivity contribution < 1.29 is 9.78 Å². The summed E-state index contributed by atoms with van der Waals surface area (Å²) in [5.74, 6) is -0.151. The molecule has 6 nitrogen and oxygen atoms in total. The van der Waals surface area contributed by atoms with Crippen LogP contribution in [-0.2, 0) is 11.3 Å². The van der Waals surface area contributed by atoms with E-state index >= 15 is 0 Å². The molecular formula is C23H20N5O+. The van der Waals surface area contributed by atoms with Crippen LogP contribution in [0.4, 0.5) is 0 Å². The van der Waals surface area contributed by atoms with Gasteiger partial charge in [-0.25, -0.2) is 4.98 Å². The Balaban J connectivity index is 1.39. The van der Waals surface area contributed by atoms with Gasteiger partial charge in [-0.2, -0.15) is 0 Å². The average Bonchev–Trinajstić information content (AvgIpc) is 3.18. The Morgan fingerprint density at radius 2 is 2.10 bits per heavy atom. The summed E-state index contributed by atoms with van der Waals surface area (Å²) in [5, 5.41) is 8.56. The van der Waals surface area contributed by atoms with E-state index in [9.17, 15) is 4.79 Å². The van der Waals surface area contributed by atoms with Gasteiger partial charge in [-0.05, 0) is 29.7 Å². The van der Waals surface area contributed by atoms with E-state index in [1.807, 2.05) is 79.3 Å². The fraction of sp³-hybridized carbons (Fsp3) is 0.0870. The Kier molecular flexibility index (Phi) is 4.29. The van der Waals surface area contributed by atoms with E-state index < -0.39 is 0 Å². The lowest BCUT2D eigenvalue weighted by Gasteiger charge is -2.24. The highest BCUT2D eigenvalue weighted by atomic mass is 16.2. The predicted octanol–water partition coefficient (Wildman–Crippen LogP) is 2.56. The van der Waals surface area contributed by atoms with Crippen molar-refractivity contribution in [3.05, 3.63) is 108 Å². The average molecular weight is 382 g/mol. The molecule has 4 heterocycles. The zero-order valence-corrected chi connectivity index (χ0v) is 15.7. The maximum Gasteiger partial charge on any atom is 0.269 e. The van der Waals surface area contributed by atoms with E-state index in [0.29, 0.717) is 12.2 Å². The smallest absolute Gasteiger partial charge is 0.269 e. The number of carbonyl (C=O) groups is 1. The van der Waals surface area contributed by atoms with Crippen molar-refractivity contribution in [2.45, 2.75) is 12.7 Å². The maximum absolute atomic E-state index is 13.0. The summed E-state index contributed by atoms with van der Waals surface area (Å²) in [6.07, 6.45) is 13.3. The highest BCUT2D eigenvalue weighted by Crippen LogP contribution is 2.33. The van der Waals surface area contributed by atoms with E-state index in [0.717, 1.165) is 27.7 Å². The summed E-state index contributed by atoms with van der Waals surface area (Å²) in [4.78, 5) is 22.7. The van der Waals surface area contributed by atoms with Gasteiger partial charge in [0.2, 0.25) is 0 Å². The van der Waals surface area contributed by atoms with Crippen LogP contribution in [0, 0.1) is 0 Å². The molecule has 0 aliphatic carbocycles. The SMILES string of the molecule is O=C(NCc1nccc2ccccc12)C1=C2C=CC=CN2C(c2ccc[nH+]c2)N1. The molecule has 3 aromatic rings. The zero-order chi connectivity index (χ0) is 19.6. The van der Waals surface area contributed by atoms with Crippen LogP contribution in [0.25, 0.3) is 10.8 Å². The van der Waals surface area contributed by atoms with Gasteiger partial charge in [-0.3, -0.25) is 9.78 Å². The molecule has 0 saturated heterocycles. The number of H-pyrrole nitrogens is 1. The second-order valence-corrected chi connectivity index (χ2v) is 6.91. The molecule has 1 aromatic carbocycles. The van der Waals surface area contributed by atoms with Crippen LogP contribution in [0.2, 0.25) is 0 Å². The van der Waals surface area contributed by atoms with Crippen molar-refractivity contribution in [3.8, 4) is 0 Å². The molecule has 2 aromatic heterocycles. The summed E-state index contributed by atoms with van der Waals surface area (Å²) < 4.78 is 0. The Bertz CT molecular complexity index is 1160. The van der Waals surface area contributed by atoms with Gasteiger partial charge in [0.15, 0.2) is 12.4 Å². The third-order valence-corrected chi connectivity index (χ3v) is 5.15. The zero-order valence-electron chi connectivity index (χ0n) is 15.7. The van der Waals surface area contributed by atoms with Gasteiger partial charge < -0.3 is 15.5 Å². The van der Waals surface area contributed by atoms with Crippen LogP contribution in [0.15, 0.2) is 96.9 Å². The minimum atomic E-state index is -0.151. The molecule has 1 amide bonds. The van der Waals surface area contributed by atoms with Gasteiger partial charge in [0.1, 0.15) is 11.9 Å². The number of carbonyl (C=O) groups excluding carboxylic acids is 1. The second-order valence-electron chi connectivity index (χ2n) is 6.91. The molecule has 2 aliphatic heterocycles. The van der Waals surface area contributed by atoms with Crippen molar-refractivity contribution >= 4 is 16.7 Å². The highest BCUT2D eigenvalue weighted by molar-refractivity contribution is 5.95. The first kappa shape index (κ1) is 17.2.